The van der Waals surface area contributed by atoms with Crippen molar-refractivity contribution in [3.8, 4) is 0 Å². The topological polar surface area (TPSA) is 92.6 Å². The number of likely N-dealkylation sites (tertiary alicyclic amines) is 1. The number of rotatable bonds is 4. The van der Waals surface area contributed by atoms with Crippen LogP contribution >= 0.6 is 39.0 Å². The Labute approximate surface area is 229 Å². The lowest BCUT2D eigenvalue weighted by Gasteiger charge is -2.31. The highest BCUT2D eigenvalue weighted by molar-refractivity contribution is 9.10. The van der Waals surface area contributed by atoms with Crippen molar-refractivity contribution in [2.24, 2.45) is 5.92 Å². The first kappa shape index (κ1) is 24.6. The number of anilines is 1. The van der Waals surface area contributed by atoms with E-state index < -0.39 is 17.1 Å². The number of halogens is 1. The summed E-state index contributed by atoms with van der Waals surface area (Å²) >= 11 is 5.70. The van der Waals surface area contributed by atoms with Gasteiger partial charge in [0.2, 0.25) is 17.7 Å². The maximum Gasteiger partial charge on any atom is 0.308 e. The van der Waals surface area contributed by atoms with Crippen LogP contribution in [0.2, 0.25) is 0 Å². The van der Waals surface area contributed by atoms with E-state index >= 15 is 0 Å². The van der Waals surface area contributed by atoms with Crippen molar-refractivity contribution in [3.63, 3.8) is 0 Å². The molecule has 2 fully saturated rings. The fraction of sp³-hybridized carbons (Fsp3) is 0.346. The largest absolute Gasteiger partial charge is 0.341 e. The van der Waals surface area contributed by atoms with Crippen LogP contribution in [0.3, 0.4) is 0 Å². The van der Waals surface area contributed by atoms with E-state index in [1.54, 1.807) is 42.7 Å². The third-order valence-corrected chi connectivity index (χ3v) is 10.3. The number of thioether (sulfide) groups is 1. The van der Waals surface area contributed by atoms with E-state index in [4.69, 9.17) is 0 Å². The first-order chi connectivity index (χ1) is 17.9. The Kier molecular flexibility index (Phi) is 6.54. The van der Waals surface area contributed by atoms with Gasteiger partial charge in [-0.1, -0.05) is 45.1 Å². The molecule has 3 aliphatic heterocycles. The van der Waals surface area contributed by atoms with E-state index in [9.17, 15) is 19.2 Å². The number of fused-ring (bicyclic) bond motifs is 2. The van der Waals surface area contributed by atoms with E-state index in [2.05, 4.69) is 20.9 Å². The third-order valence-electron chi connectivity index (χ3n) is 7.18. The first-order valence-corrected chi connectivity index (χ1v) is 14.6. The molecule has 0 bridgehead atoms. The molecule has 2 unspecified atom stereocenters. The smallest absolute Gasteiger partial charge is 0.308 e. The molecule has 0 N–H and O–H groups in total. The molecule has 0 spiro atoms. The van der Waals surface area contributed by atoms with Crippen LogP contribution in [-0.4, -0.2) is 50.5 Å². The number of thiazole rings is 1. The number of nitrogens with zero attached hydrogens (tertiary/aromatic N) is 4. The molecule has 0 saturated carbocycles. The molecule has 0 radical (unpaired) electrons. The van der Waals surface area contributed by atoms with Crippen LogP contribution in [0.4, 0.5) is 5.69 Å². The molecular weight excluding hydrogens is 576 g/mol. The number of hydrogen-bond donors (Lipinski definition) is 0. The standard InChI is InChI=1S/C26H23BrN4O4S2/c27-16-6-8-17(9-7-16)31-23(33)20-19(15-5-4-10-28-13-15)22-25(36-21(20)24(31)34)30(26(35)37-22)14-18(32)29-11-2-1-3-12-29/h4-10,13,19-21H,1-3,11-12,14H2/t19-,20?,21?/m1/s1. The first-order valence-electron chi connectivity index (χ1n) is 12.2. The van der Waals surface area contributed by atoms with Gasteiger partial charge in [0.15, 0.2) is 0 Å². The van der Waals surface area contributed by atoms with Crippen molar-refractivity contribution in [2.75, 3.05) is 18.0 Å². The van der Waals surface area contributed by atoms with Gasteiger partial charge >= 0.3 is 4.87 Å². The summed E-state index contributed by atoms with van der Waals surface area (Å²) in [5.41, 5.74) is 1.28. The van der Waals surface area contributed by atoms with E-state index in [0.717, 1.165) is 45.5 Å². The number of imide groups is 1. The summed E-state index contributed by atoms with van der Waals surface area (Å²) in [5.74, 6) is -1.87. The Balaban J connectivity index is 1.42. The van der Waals surface area contributed by atoms with Gasteiger partial charge in [0, 0.05) is 40.8 Å². The summed E-state index contributed by atoms with van der Waals surface area (Å²) in [6.07, 6.45) is 6.38. The summed E-state index contributed by atoms with van der Waals surface area (Å²) in [5, 5.41) is -0.103. The minimum absolute atomic E-state index is 0.0621. The van der Waals surface area contributed by atoms with E-state index in [-0.39, 0.29) is 29.1 Å². The molecule has 8 nitrogen and oxygen atoms in total. The van der Waals surface area contributed by atoms with Crippen LogP contribution in [0.25, 0.3) is 0 Å². The second-order valence-electron chi connectivity index (χ2n) is 9.38. The van der Waals surface area contributed by atoms with Gasteiger partial charge < -0.3 is 4.90 Å². The number of carbonyl (C=O) groups is 3. The van der Waals surface area contributed by atoms with Crippen LogP contribution in [0.15, 0.2) is 63.1 Å². The number of hydrogen-bond acceptors (Lipinski definition) is 7. The SMILES string of the molecule is O=C(Cn1c2c(sc1=O)[C@H](c1cccnc1)C1C(=O)N(c3ccc(Br)cc3)C(=O)C1S2)N1CCCCC1. The predicted molar refractivity (Wildman–Crippen MR) is 145 cm³/mol. The molecule has 6 rings (SSSR count). The van der Waals surface area contributed by atoms with Gasteiger partial charge in [0.05, 0.1) is 16.6 Å². The molecule has 3 amide bonds. The van der Waals surface area contributed by atoms with Crippen molar-refractivity contribution in [1.82, 2.24) is 14.5 Å². The molecule has 3 atom stereocenters. The average Bonchev–Trinajstić information content (AvgIpc) is 3.36. The molecule has 2 saturated heterocycles. The zero-order chi connectivity index (χ0) is 25.7. The highest BCUT2D eigenvalue weighted by Crippen LogP contribution is 2.53. The van der Waals surface area contributed by atoms with Crippen LogP contribution in [0, 0.1) is 5.92 Å². The lowest BCUT2D eigenvalue weighted by atomic mass is 9.84. The van der Waals surface area contributed by atoms with Crippen LogP contribution in [-0.2, 0) is 20.9 Å². The van der Waals surface area contributed by atoms with E-state index in [1.165, 1.54) is 21.2 Å². The number of piperidine rings is 1. The Morgan fingerprint density at radius 2 is 1.78 bits per heavy atom. The monoisotopic (exact) mass is 598 g/mol. The Morgan fingerprint density at radius 3 is 2.49 bits per heavy atom. The van der Waals surface area contributed by atoms with Crippen molar-refractivity contribution in [2.45, 2.75) is 42.0 Å². The fourth-order valence-corrected chi connectivity index (χ4v) is 8.44. The maximum absolute atomic E-state index is 13.8. The van der Waals surface area contributed by atoms with Gasteiger partial charge in [0.1, 0.15) is 11.8 Å². The lowest BCUT2D eigenvalue weighted by Crippen LogP contribution is -2.39. The average molecular weight is 600 g/mol. The van der Waals surface area contributed by atoms with Gasteiger partial charge in [0.25, 0.3) is 0 Å². The quantitative estimate of drug-likeness (QED) is 0.423. The molecule has 2 aromatic heterocycles. The number of carbonyl (C=O) groups excluding carboxylic acids is 3. The van der Waals surface area contributed by atoms with Crippen molar-refractivity contribution >= 4 is 62.4 Å². The number of pyridine rings is 1. The third kappa shape index (κ3) is 4.26. The van der Waals surface area contributed by atoms with Crippen LogP contribution < -0.4 is 9.77 Å². The molecule has 3 aromatic rings. The molecule has 5 heterocycles. The zero-order valence-electron chi connectivity index (χ0n) is 19.7. The summed E-state index contributed by atoms with van der Waals surface area (Å²) in [7, 11) is 0. The number of benzene rings is 1. The van der Waals surface area contributed by atoms with Crippen LogP contribution in [0.5, 0.6) is 0 Å². The summed E-state index contributed by atoms with van der Waals surface area (Å²) in [6.45, 7) is 1.34. The normalized spacial score (nSPS) is 23.2. The Morgan fingerprint density at radius 1 is 1.03 bits per heavy atom. The number of amides is 3. The molecular formula is C26H23BrN4O4S2. The highest BCUT2D eigenvalue weighted by atomic mass is 79.9. The second kappa shape index (κ2) is 9.85. The van der Waals surface area contributed by atoms with Crippen molar-refractivity contribution in [3.05, 3.63) is 73.4 Å². The Hall–Kier alpha value is -2.76. The summed E-state index contributed by atoms with van der Waals surface area (Å²) in [6, 6.07) is 10.7. The summed E-state index contributed by atoms with van der Waals surface area (Å²) < 4.78 is 2.35. The molecule has 1 aromatic carbocycles. The van der Waals surface area contributed by atoms with Gasteiger partial charge in [-0.2, -0.15) is 0 Å². The van der Waals surface area contributed by atoms with Crippen molar-refractivity contribution < 1.29 is 14.4 Å². The van der Waals surface area contributed by atoms with Gasteiger partial charge in [-0.15, -0.1) is 0 Å². The van der Waals surface area contributed by atoms with Crippen molar-refractivity contribution in [1.29, 1.82) is 0 Å². The fourth-order valence-electron chi connectivity index (χ4n) is 5.40. The summed E-state index contributed by atoms with van der Waals surface area (Å²) in [4.78, 5) is 61.6. The maximum atomic E-state index is 13.8. The Bertz CT molecular complexity index is 1430. The predicted octanol–water partition coefficient (Wildman–Crippen LogP) is 3.88. The van der Waals surface area contributed by atoms with Gasteiger partial charge in [-0.05, 0) is 55.2 Å². The minimum Gasteiger partial charge on any atom is -0.341 e. The van der Waals surface area contributed by atoms with E-state index in [0.29, 0.717) is 23.8 Å². The lowest BCUT2D eigenvalue weighted by molar-refractivity contribution is -0.133. The zero-order valence-corrected chi connectivity index (χ0v) is 22.9. The molecule has 3 aliphatic rings. The van der Waals surface area contributed by atoms with Crippen LogP contribution in [0.1, 0.15) is 35.6 Å². The molecule has 190 valence electrons. The second-order valence-corrected chi connectivity index (χ2v) is 12.4. The molecule has 11 heteroatoms. The highest BCUT2D eigenvalue weighted by Gasteiger charge is 2.56. The van der Waals surface area contributed by atoms with Gasteiger partial charge in [-0.3, -0.25) is 28.7 Å². The van der Waals surface area contributed by atoms with Gasteiger partial charge in [-0.25, -0.2) is 4.90 Å². The number of aromatic nitrogens is 2. The molecule has 37 heavy (non-hydrogen) atoms. The van der Waals surface area contributed by atoms with E-state index in [1.807, 2.05) is 11.0 Å². The minimum atomic E-state index is -0.709. The molecule has 0 aliphatic carbocycles.